The molecule has 1 atom stereocenters. The topological polar surface area (TPSA) is 79.0 Å². The fraction of sp³-hybridized carbons (Fsp3) is 0.346. The monoisotopic (exact) mass is 442 g/mol. The molecule has 1 saturated heterocycles. The van der Waals surface area contributed by atoms with Gasteiger partial charge in [0, 0.05) is 30.4 Å². The molecule has 4 heterocycles. The van der Waals surface area contributed by atoms with Gasteiger partial charge in [0.2, 0.25) is 0 Å². The summed E-state index contributed by atoms with van der Waals surface area (Å²) in [5.41, 5.74) is 5.26. The smallest absolute Gasteiger partial charge is 0.157 e. The van der Waals surface area contributed by atoms with Gasteiger partial charge in [0.25, 0.3) is 0 Å². The Labute approximate surface area is 194 Å². The summed E-state index contributed by atoms with van der Waals surface area (Å²) >= 11 is 0. The normalized spacial score (nSPS) is 16.7. The first-order valence-corrected chi connectivity index (χ1v) is 11.5. The number of ether oxygens (including phenoxy) is 1. The molecule has 0 saturated carbocycles. The van der Waals surface area contributed by atoms with Crippen molar-refractivity contribution in [2.24, 2.45) is 0 Å². The molecule has 33 heavy (non-hydrogen) atoms. The maximum absolute atomic E-state index is 5.38. The maximum atomic E-state index is 5.38. The van der Waals surface area contributed by atoms with Crippen LogP contribution in [0.3, 0.4) is 0 Å². The lowest BCUT2D eigenvalue weighted by Gasteiger charge is -2.32. The molecule has 1 aliphatic heterocycles. The highest BCUT2D eigenvalue weighted by Gasteiger charge is 2.23. The van der Waals surface area contributed by atoms with Gasteiger partial charge < -0.3 is 10.1 Å². The van der Waals surface area contributed by atoms with Crippen molar-refractivity contribution in [3.8, 4) is 5.75 Å². The summed E-state index contributed by atoms with van der Waals surface area (Å²) < 4.78 is 5.38. The molecule has 0 aliphatic carbocycles. The lowest BCUT2D eigenvalue weighted by atomic mass is 9.93. The van der Waals surface area contributed by atoms with Crippen molar-refractivity contribution in [1.29, 1.82) is 0 Å². The maximum Gasteiger partial charge on any atom is 0.157 e. The molecular formula is C26H30N6O. The molecule has 170 valence electrons. The number of anilines is 1. The minimum atomic E-state index is 0.421. The summed E-state index contributed by atoms with van der Waals surface area (Å²) in [6, 6.07) is 18.7. The highest BCUT2D eigenvalue weighted by atomic mass is 16.5. The van der Waals surface area contributed by atoms with Gasteiger partial charge in [0.15, 0.2) is 11.5 Å². The van der Waals surface area contributed by atoms with E-state index in [-0.39, 0.29) is 0 Å². The van der Waals surface area contributed by atoms with E-state index in [1.165, 1.54) is 12.0 Å². The Bertz CT molecular complexity index is 1240. The van der Waals surface area contributed by atoms with Crippen molar-refractivity contribution in [1.82, 2.24) is 25.1 Å². The van der Waals surface area contributed by atoms with E-state index in [0.29, 0.717) is 12.5 Å². The van der Waals surface area contributed by atoms with E-state index in [4.69, 9.17) is 9.72 Å². The second-order valence-electron chi connectivity index (χ2n) is 8.75. The number of benzene rings is 1. The van der Waals surface area contributed by atoms with E-state index in [9.17, 15) is 0 Å². The molecule has 1 aliphatic rings. The Morgan fingerprint density at radius 2 is 2.03 bits per heavy atom. The summed E-state index contributed by atoms with van der Waals surface area (Å²) in [5, 5.41) is 12.0. The van der Waals surface area contributed by atoms with Crippen molar-refractivity contribution in [2.45, 2.75) is 38.8 Å². The van der Waals surface area contributed by atoms with Crippen LogP contribution < -0.4 is 10.1 Å². The van der Waals surface area contributed by atoms with Crippen LogP contribution in [-0.2, 0) is 13.1 Å². The fourth-order valence-corrected chi connectivity index (χ4v) is 4.62. The number of aromatic amines is 1. The highest BCUT2D eigenvalue weighted by Crippen LogP contribution is 2.29. The Hall–Kier alpha value is -3.45. The molecule has 1 fully saturated rings. The number of methoxy groups -OCH3 is 1. The van der Waals surface area contributed by atoms with Gasteiger partial charge in [-0.25, -0.2) is 4.98 Å². The number of aryl methyl sites for hydroxylation is 1. The molecule has 1 unspecified atom stereocenters. The van der Waals surface area contributed by atoms with Gasteiger partial charge in [-0.2, -0.15) is 5.10 Å². The van der Waals surface area contributed by atoms with Crippen LogP contribution in [0.25, 0.3) is 11.0 Å². The van der Waals surface area contributed by atoms with Gasteiger partial charge in [-0.15, -0.1) is 0 Å². The van der Waals surface area contributed by atoms with Gasteiger partial charge in [-0.3, -0.25) is 15.0 Å². The minimum absolute atomic E-state index is 0.421. The number of hydrogen-bond donors (Lipinski definition) is 2. The second kappa shape index (κ2) is 9.58. The van der Waals surface area contributed by atoms with Crippen LogP contribution in [0.2, 0.25) is 0 Å². The number of nitrogens with zero attached hydrogens (tertiary/aromatic N) is 4. The minimum Gasteiger partial charge on any atom is -0.497 e. The molecule has 3 aromatic heterocycles. The molecule has 0 spiro atoms. The van der Waals surface area contributed by atoms with Crippen LogP contribution in [0.15, 0.2) is 54.6 Å². The van der Waals surface area contributed by atoms with Gasteiger partial charge in [-0.05, 0) is 68.3 Å². The molecule has 5 rings (SSSR count). The van der Waals surface area contributed by atoms with Crippen LogP contribution in [-0.4, -0.2) is 45.3 Å². The molecule has 2 N–H and O–H groups in total. The zero-order chi connectivity index (χ0) is 22.6. The molecule has 1 aromatic carbocycles. The van der Waals surface area contributed by atoms with Crippen LogP contribution in [0, 0.1) is 6.92 Å². The number of aromatic nitrogens is 4. The Morgan fingerprint density at radius 1 is 1.12 bits per heavy atom. The standard InChI is InChI=1S/C26H30N6O/c1-18-6-3-9-21(28-18)15-27-25-23-11-12-24(29-26(23)31-30-25)20-8-5-13-32(17-20)16-19-7-4-10-22(14-19)33-2/h3-4,6-7,9-12,14,20H,5,8,13,15-17H2,1-2H3,(H2,27,29,30,31). The van der Waals surface area contributed by atoms with Gasteiger partial charge in [-0.1, -0.05) is 18.2 Å². The fourth-order valence-electron chi connectivity index (χ4n) is 4.62. The number of pyridine rings is 2. The first kappa shape index (κ1) is 21.4. The highest BCUT2D eigenvalue weighted by molar-refractivity contribution is 5.87. The molecule has 0 amide bonds. The van der Waals surface area contributed by atoms with Gasteiger partial charge in [0.05, 0.1) is 24.7 Å². The van der Waals surface area contributed by atoms with Crippen LogP contribution in [0.5, 0.6) is 5.75 Å². The molecular weight excluding hydrogens is 412 g/mol. The predicted octanol–water partition coefficient (Wildman–Crippen LogP) is 4.66. The number of rotatable bonds is 7. The average Bonchev–Trinajstić information content (AvgIpc) is 3.25. The van der Waals surface area contributed by atoms with Crippen LogP contribution in [0.4, 0.5) is 5.82 Å². The average molecular weight is 443 g/mol. The van der Waals surface area contributed by atoms with E-state index in [1.54, 1.807) is 7.11 Å². The van der Waals surface area contributed by atoms with E-state index in [1.807, 2.05) is 31.2 Å². The Morgan fingerprint density at radius 3 is 2.91 bits per heavy atom. The number of hydrogen-bond acceptors (Lipinski definition) is 6. The number of nitrogens with one attached hydrogen (secondary N) is 2. The third-order valence-corrected chi connectivity index (χ3v) is 6.29. The zero-order valence-electron chi connectivity index (χ0n) is 19.2. The SMILES string of the molecule is COc1cccc(CN2CCCC(c3ccc4c(NCc5cccc(C)n5)n[nH]c4n3)C2)c1. The first-order chi connectivity index (χ1) is 16.2. The zero-order valence-corrected chi connectivity index (χ0v) is 19.2. The second-order valence-corrected chi connectivity index (χ2v) is 8.75. The quantitative estimate of drug-likeness (QED) is 0.433. The Balaban J connectivity index is 1.26. The number of likely N-dealkylation sites (tertiary alicyclic amines) is 1. The summed E-state index contributed by atoms with van der Waals surface area (Å²) in [6.45, 7) is 5.68. The van der Waals surface area contributed by atoms with Gasteiger partial charge >= 0.3 is 0 Å². The van der Waals surface area contributed by atoms with E-state index >= 15 is 0 Å². The largest absolute Gasteiger partial charge is 0.497 e. The van der Waals surface area contributed by atoms with Gasteiger partial charge in [0.1, 0.15) is 5.75 Å². The number of piperidine rings is 1. The Kier molecular flexibility index (Phi) is 6.21. The van der Waals surface area contributed by atoms with Crippen molar-refractivity contribution >= 4 is 16.9 Å². The summed E-state index contributed by atoms with van der Waals surface area (Å²) in [7, 11) is 1.72. The lowest BCUT2D eigenvalue weighted by Crippen LogP contribution is -2.34. The van der Waals surface area contributed by atoms with E-state index in [2.05, 4.69) is 55.7 Å². The third-order valence-electron chi connectivity index (χ3n) is 6.29. The first-order valence-electron chi connectivity index (χ1n) is 11.5. The molecule has 0 bridgehead atoms. The number of fused-ring (bicyclic) bond motifs is 1. The summed E-state index contributed by atoms with van der Waals surface area (Å²) in [6.07, 6.45) is 2.33. The third kappa shape index (κ3) is 4.98. The van der Waals surface area contributed by atoms with Crippen LogP contribution >= 0.6 is 0 Å². The van der Waals surface area contributed by atoms with Crippen molar-refractivity contribution in [2.75, 3.05) is 25.5 Å². The van der Waals surface area contributed by atoms with E-state index in [0.717, 1.165) is 65.7 Å². The molecule has 7 heteroatoms. The molecule has 7 nitrogen and oxygen atoms in total. The number of H-pyrrole nitrogens is 1. The van der Waals surface area contributed by atoms with Crippen molar-refractivity contribution in [3.05, 3.63) is 77.2 Å². The predicted molar refractivity (Wildman–Crippen MR) is 130 cm³/mol. The van der Waals surface area contributed by atoms with E-state index < -0.39 is 0 Å². The van der Waals surface area contributed by atoms with Crippen LogP contribution in [0.1, 0.15) is 41.4 Å². The van der Waals surface area contributed by atoms with Crippen molar-refractivity contribution < 1.29 is 4.74 Å². The summed E-state index contributed by atoms with van der Waals surface area (Å²) in [5.74, 6) is 2.15. The molecule has 0 radical (unpaired) electrons. The van der Waals surface area contributed by atoms with Crippen molar-refractivity contribution in [3.63, 3.8) is 0 Å². The lowest BCUT2D eigenvalue weighted by molar-refractivity contribution is 0.198. The summed E-state index contributed by atoms with van der Waals surface area (Å²) in [4.78, 5) is 12.0. The molecule has 4 aromatic rings.